The van der Waals surface area contributed by atoms with Crippen molar-refractivity contribution < 1.29 is 19.1 Å². The zero-order valence-electron chi connectivity index (χ0n) is 21.2. The highest BCUT2D eigenvalue weighted by Gasteiger charge is 2.30. The summed E-state index contributed by atoms with van der Waals surface area (Å²) >= 11 is 0. The summed E-state index contributed by atoms with van der Waals surface area (Å²) in [6.45, 7) is 1.20. The minimum atomic E-state index is -0.448. The highest BCUT2D eigenvalue weighted by molar-refractivity contribution is 6.00. The third-order valence-corrected chi connectivity index (χ3v) is 6.33. The molecule has 0 spiro atoms. The predicted octanol–water partition coefficient (Wildman–Crippen LogP) is 2.27. The zero-order valence-corrected chi connectivity index (χ0v) is 21.2. The molecule has 38 heavy (non-hydrogen) atoms. The number of hydrogen-bond donors (Lipinski definition) is 3. The molecule has 196 valence electrons. The molecule has 1 saturated heterocycles. The molecule has 0 unspecified atom stereocenters. The molecule has 2 aliphatic rings. The number of aromatic nitrogens is 4. The standard InChI is InChI=1S/C25H27N9O4/c1-26-24(36)20-18(11-19(31-32-20)30-23(35)14-7-8-14)29-17-6-4-5-16(21(17)38-3)22-27-12-15(13-28-22)34-10-9-33(2)25(34)37/h4-6,11-14H,7-10H2,1-3H3,(H,26,36)(H2,29,30,31,35). The quantitative estimate of drug-likeness (QED) is 0.408. The number of hydrogen-bond acceptors (Lipinski definition) is 9. The fourth-order valence-corrected chi connectivity index (χ4v) is 4.07. The zero-order chi connectivity index (χ0) is 26.8. The Kier molecular flexibility index (Phi) is 6.73. The van der Waals surface area contributed by atoms with E-state index in [4.69, 9.17) is 4.74 Å². The van der Waals surface area contributed by atoms with E-state index in [1.807, 2.05) is 0 Å². The van der Waals surface area contributed by atoms with Gasteiger partial charge < -0.3 is 25.6 Å². The van der Waals surface area contributed by atoms with Crippen molar-refractivity contribution in [2.24, 2.45) is 5.92 Å². The largest absolute Gasteiger partial charge is 0.494 e. The molecule has 3 aromatic rings. The van der Waals surface area contributed by atoms with Crippen molar-refractivity contribution in [3.05, 3.63) is 42.4 Å². The molecular formula is C25H27N9O4. The normalized spacial score (nSPS) is 14.9. The van der Waals surface area contributed by atoms with Crippen LogP contribution in [0.5, 0.6) is 5.75 Å². The monoisotopic (exact) mass is 517 g/mol. The van der Waals surface area contributed by atoms with Crippen LogP contribution in [0.4, 0.5) is 27.7 Å². The average molecular weight is 518 g/mol. The van der Waals surface area contributed by atoms with Gasteiger partial charge in [-0.15, -0.1) is 10.2 Å². The van der Waals surface area contributed by atoms with Crippen molar-refractivity contribution in [1.82, 2.24) is 30.4 Å². The van der Waals surface area contributed by atoms with E-state index in [1.54, 1.807) is 53.5 Å². The third-order valence-electron chi connectivity index (χ3n) is 6.33. The van der Waals surface area contributed by atoms with Gasteiger partial charge in [0.05, 0.1) is 42.1 Å². The summed E-state index contributed by atoms with van der Waals surface area (Å²) in [6, 6.07) is 6.82. The molecule has 13 heteroatoms. The van der Waals surface area contributed by atoms with Gasteiger partial charge in [0.25, 0.3) is 5.91 Å². The number of carbonyl (C=O) groups excluding carboxylic acids is 3. The lowest BCUT2D eigenvalue weighted by molar-refractivity contribution is -0.117. The second-order valence-corrected chi connectivity index (χ2v) is 8.97. The Morgan fingerprint density at radius 2 is 1.84 bits per heavy atom. The minimum absolute atomic E-state index is 0.0144. The number of nitrogens with one attached hydrogen (secondary N) is 3. The molecule has 5 rings (SSSR count). The Labute approximate surface area is 218 Å². The van der Waals surface area contributed by atoms with Gasteiger partial charge >= 0.3 is 6.03 Å². The summed E-state index contributed by atoms with van der Waals surface area (Å²) in [6.07, 6.45) is 4.90. The van der Waals surface area contributed by atoms with E-state index in [0.29, 0.717) is 47.3 Å². The van der Waals surface area contributed by atoms with Gasteiger partial charge in [0.15, 0.2) is 23.1 Å². The number of likely N-dealkylation sites (N-methyl/N-ethyl adjacent to an activating group) is 1. The van der Waals surface area contributed by atoms with E-state index in [1.165, 1.54) is 14.2 Å². The molecule has 4 amide bonds. The number of carbonyl (C=O) groups is 3. The van der Waals surface area contributed by atoms with Gasteiger partial charge in [0.2, 0.25) is 5.91 Å². The fourth-order valence-electron chi connectivity index (χ4n) is 4.07. The van der Waals surface area contributed by atoms with Crippen LogP contribution in [0, 0.1) is 5.92 Å². The highest BCUT2D eigenvalue weighted by atomic mass is 16.5. The van der Waals surface area contributed by atoms with E-state index in [2.05, 4.69) is 36.1 Å². The molecule has 0 radical (unpaired) electrons. The fraction of sp³-hybridized carbons (Fsp3) is 0.320. The van der Waals surface area contributed by atoms with Crippen molar-refractivity contribution >= 4 is 40.7 Å². The van der Waals surface area contributed by atoms with Gasteiger partial charge in [-0.05, 0) is 25.0 Å². The average Bonchev–Trinajstić information content (AvgIpc) is 3.74. The van der Waals surface area contributed by atoms with Crippen LogP contribution in [0.2, 0.25) is 0 Å². The molecule has 1 aromatic carbocycles. The van der Waals surface area contributed by atoms with Crippen LogP contribution in [0.1, 0.15) is 23.3 Å². The van der Waals surface area contributed by atoms with Gasteiger partial charge in [0.1, 0.15) is 0 Å². The Bertz CT molecular complexity index is 1390. The number of urea groups is 1. The summed E-state index contributed by atoms with van der Waals surface area (Å²) < 4.78 is 5.71. The molecule has 1 aliphatic heterocycles. The van der Waals surface area contributed by atoms with Crippen molar-refractivity contribution in [2.45, 2.75) is 12.8 Å². The maximum atomic E-state index is 12.5. The molecule has 13 nitrogen and oxygen atoms in total. The van der Waals surface area contributed by atoms with Crippen molar-refractivity contribution in [3.63, 3.8) is 0 Å². The number of methoxy groups -OCH3 is 1. The molecular weight excluding hydrogens is 490 g/mol. The SMILES string of the molecule is CNC(=O)c1nnc(NC(=O)C2CC2)cc1Nc1cccc(-c2ncc(N3CCN(C)C3=O)cn2)c1OC. The lowest BCUT2D eigenvalue weighted by Crippen LogP contribution is -2.29. The van der Waals surface area contributed by atoms with Crippen molar-refractivity contribution in [1.29, 1.82) is 0 Å². The number of anilines is 4. The minimum Gasteiger partial charge on any atom is -0.494 e. The van der Waals surface area contributed by atoms with Crippen LogP contribution >= 0.6 is 0 Å². The van der Waals surface area contributed by atoms with E-state index in [0.717, 1.165) is 12.8 Å². The molecule has 2 aromatic heterocycles. The van der Waals surface area contributed by atoms with E-state index < -0.39 is 5.91 Å². The molecule has 0 bridgehead atoms. The number of para-hydroxylation sites is 1. The molecule has 3 N–H and O–H groups in total. The van der Waals surface area contributed by atoms with Crippen LogP contribution < -0.4 is 25.6 Å². The second kappa shape index (κ2) is 10.3. The Morgan fingerprint density at radius 1 is 1.08 bits per heavy atom. The van der Waals surface area contributed by atoms with Crippen molar-refractivity contribution in [2.75, 3.05) is 49.8 Å². The Hall–Kier alpha value is -4.81. The second-order valence-electron chi connectivity index (χ2n) is 8.97. The number of benzene rings is 1. The highest BCUT2D eigenvalue weighted by Crippen LogP contribution is 2.37. The van der Waals surface area contributed by atoms with Crippen LogP contribution in [-0.4, -0.2) is 77.2 Å². The maximum Gasteiger partial charge on any atom is 0.324 e. The van der Waals surface area contributed by atoms with E-state index >= 15 is 0 Å². The summed E-state index contributed by atoms with van der Waals surface area (Å²) in [5.41, 5.74) is 2.10. The molecule has 1 aliphatic carbocycles. The summed E-state index contributed by atoms with van der Waals surface area (Å²) in [4.78, 5) is 49.2. The first-order chi connectivity index (χ1) is 18.4. The van der Waals surface area contributed by atoms with Crippen LogP contribution in [0.25, 0.3) is 11.4 Å². The number of rotatable bonds is 8. The number of ether oxygens (including phenoxy) is 1. The predicted molar refractivity (Wildman–Crippen MR) is 139 cm³/mol. The molecule has 3 heterocycles. The van der Waals surface area contributed by atoms with E-state index in [-0.39, 0.29) is 29.4 Å². The van der Waals surface area contributed by atoms with Crippen molar-refractivity contribution in [3.8, 4) is 17.1 Å². The third kappa shape index (κ3) is 4.90. The lowest BCUT2D eigenvalue weighted by Gasteiger charge is -2.17. The first-order valence-corrected chi connectivity index (χ1v) is 12.1. The molecule has 0 atom stereocenters. The van der Waals surface area contributed by atoms with Crippen LogP contribution in [-0.2, 0) is 4.79 Å². The van der Waals surface area contributed by atoms with Gasteiger partial charge in [-0.1, -0.05) is 6.07 Å². The summed E-state index contributed by atoms with van der Waals surface area (Å²) in [5, 5.41) is 16.5. The Morgan fingerprint density at radius 3 is 2.47 bits per heavy atom. The first-order valence-electron chi connectivity index (χ1n) is 12.1. The van der Waals surface area contributed by atoms with Gasteiger partial charge in [-0.2, -0.15) is 0 Å². The van der Waals surface area contributed by atoms with Crippen LogP contribution in [0.3, 0.4) is 0 Å². The summed E-state index contributed by atoms with van der Waals surface area (Å²) in [5.74, 6) is 0.468. The lowest BCUT2D eigenvalue weighted by atomic mass is 10.1. The topological polar surface area (TPSA) is 155 Å². The molecule has 2 fully saturated rings. The summed E-state index contributed by atoms with van der Waals surface area (Å²) in [7, 11) is 4.76. The van der Waals surface area contributed by atoms with Gasteiger partial charge in [-0.3, -0.25) is 14.5 Å². The maximum absolute atomic E-state index is 12.5. The smallest absolute Gasteiger partial charge is 0.324 e. The van der Waals surface area contributed by atoms with Crippen LogP contribution in [0.15, 0.2) is 36.7 Å². The molecule has 1 saturated carbocycles. The van der Waals surface area contributed by atoms with E-state index in [9.17, 15) is 14.4 Å². The van der Waals surface area contributed by atoms with Gasteiger partial charge in [-0.25, -0.2) is 14.8 Å². The number of nitrogens with zero attached hydrogens (tertiary/aromatic N) is 6. The van der Waals surface area contributed by atoms with Gasteiger partial charge in [0, 0.05) is 39.2 Å². The first kappa shape index (κ1) is 24.9. The Balaban J connectivity index is 1.45. The number of amides is 4.